The van der Waals surface area contributed by atoms with Crippen LogP contribution in [0.4, 0.5) is 0 Å². The fourth-order valence-electron chi connectivity index (χ4n) is 2.18. The average Bonchev–Trinajstić information content (AvgIpc) is 2.37. The first kappa shape index (κ1) is 15.0. The monoisotopic (exact) mass is 256 g/mol. The zero-order valence-corrected chi connectivity index (χ0v) is 11.4. The van der Waals surface area contributed by atoms with Gasteiger partial charge in [-0.2, -0.15) is 0 Å². The molecule has 1 aliphatic rings. The van der Waals surface area contributed by atoms with Crippen molar-refractivity contribution in [1.82, 2.24) is 10.2 Å². The highest BCUT2D eigenvalue weighted by atomic mass is 16.5. The summed E-state index contributed by atoms with van der Waals surface area (Å²) in [6.45, 7) is 6.89. The lowest BCUT2D eigenvalue weighted by atomic mass is 9.98. The first-order valence-corrected chi connectivity index (χ1v) is 6.83. The second kappa shape index (κ2) is 8.08. The minimum atomic E-state index is -0.129. The zero-order valence-electron chi connectivity index (χ0n) is 11.4. The van der Waals surface area contributed by atoms with E-state index < -0.39 is 0 Å². The van der Waals surface area contributed by atoms with Crippen LogP contribution in [0.5, 0.6) is 0 Å². The van der Waals surface area contributed by atoms with Crippen LogP contribution in [0.25, 0.3) is 0 Å². The van der Waals surface area contributed by atoms with E-state index in [1.54, 1.807) is 0 Å². The van der Waals surface area contributed by atoms with Crippen LogP contribution in [0, 0.1) is 5.92 Å². The third-order valence-electron chi connectivity index (χ3n) is 3.06. The molecule has 0 spiro atoms. The van der Waals surface area contributed by atoms with E-state index in [0.717, 1.165) is 25.8 Å². The number of ether oxygens (including phenoxy) is 1. The van der Waals surface area contributed by atoms with Crippen LogP contribution in [0.2, 0.25) is 0 Å². The molecule has 1 aliphatic heterocycles. The van der Waals surface area contributed by atoms with Gasteiger partial charge in [-0.05, 0) is 32.7 Å². The second-order valence-electron chi connectivity index (χ2n) is 4.68. The smallest absolute Gasteiger partial charge is 0.310 e. The van der Waals surface area contributed by atoms with Gasteiger partial charge in [-0.15, -0.1) is 0 Å². The van der Waals surface area contributed by atoms with Crippen molar-refractivity contribution < 1.29 is 14.3 Å². The van der Waals surface area contributed by atoms with Crippen molar-refractivity contribution in [3.8, 4) is 0 Å². The standard InChI is InChI=1S/C13H24N2O3/c1-3-7-14-12(16)10-15-8-5-6-11(9-15)13(17)18-4-2/h11H,3-10H2,1-2H3,(H,14,16)/t11-/m0/s1. The van der Waals surface area contributed by atoms with Crippen LogP contribution >= 0.6 is 0 Å². The number of amides is 1. The number of hydrogen-bond acceptors (Lipinski definition) is 4. The molecular weight excluding hydrogens is 232 g/mol. The Hall–Kier alpha value is -1.10. The number of esters is 1. The molecule has 0 unspecified atom stereocenters. The summed E-state index contributed by atoms with van der Waals surface area (Å²) in [4.78, 5) is 25.3. The Bertz CT molecular complexity index is 281. The number of nitrogens with zero attached hydrogens (tertiary/aromatic N) is 1. The molecule has 1 heterocycles. The lowest BCUT2D eigenvalue weighted by molar-refractivity contribution is -0.150. The van der Waals surface area contributed by atoms with Gasteiger partial charge in [0.15, 0.2) is 0 Å². The lowest BCUT2D eigenvalue weighted by Crippen LogP contribution is -2.44. The van der Waals surface area contributed by atoms with Crippen LogP contribution < -0.4 is 5.32 Å². The maximum atomic E-state index is 11.7. The number of nitrogens with one attached hydrogen (secondary N) is 1. The van der Waals surface area contributed by atoms with Crippen molar-refractivity contribution in [2.75, 3.05) is 32.8 Å². The fourth-order valence-corrected chi connectivity index (χ4v) is 2.18. The highest BCUT2D eigenvalue weighted by Crippen LogP contribution is 2.17. The first-order chi connectivity index (χ1) is 8.67. The Balaban J connectivity index is 2.34. The number of hydrogen-bond donors (Lipinski definition) is 1. The molecule has 0 aromatic rings. The molecule has 0 aromatic carbocycles. The molecule has 0 saturated carbocycles. The molecule has 18 heavy (non-hydrogen) atoms. The summed E-state index contributed by atoms with van der Waals surface area (Å²) in [6, 6.07) is 0. The molecule has 0 radical (unpaired) electrons. The molecule has 5 heteroatoms. The van der Waals surface area contributed by atoms with E-state index in [0.29, 0.717) is 26.2 Å². The van der Waals surface area contributed by atoms with Crippen LogP contribution in [0.3, 0.4) is 0 Å². The number of rotatable bonds is 6. The SMILES string of the molecule is CCCNC(=O)CN1CCC[C@H](C(=O)OCC)C1. The summed E-state index contributed by atoms with van der Waals surface area (Å²) in [5.41, 5.74) is 0. The quantitative estimate of drug-likeness (QED) is 0.714. The van der Waals surface area contributed by atoms with Gasteiger partial charge in [-0.3, -0.25) is 14.5 Å². The van der Waals surface area contributed by atoms with Gasteiger partial charge < -0.3 is 10.1 Å². The summed E-state index contributed by atoms with van der Waals surface area (Å²) >= 11 is 0. The van der Waals surface area contributed by atoms with Gasteiger partial charge in [0.2, 0.25) is 5.91 Å². The lowest BCUT2D eigenvalue weighted by Gasteiger charge is -2.30. The van der Waals surface area contributed by atoms with Gasteiger partial charge in [-0.25, -0.2) is 0 Å². The number of piperidine rings is 1. The second-order valence-corrected chi connectivity index (χ2v) is 4.68. The Labute approximate surface area is 109 Å². The van der Waals surface area contributed by atoms with Gasteiger partial charge in [0.05, 0.1) is 19.1 Å². The molecular formula is C13H24N2O3. The molecule has 5 nitrogen and oxygen atoms in total. The van der Waals surface area contributed by atoms with Crippen molar-refractivity contribution >= 4 is 11.9 Å². The predicted molar refractivity (Wildman–Crippen MR) is 69.1 cm³/mol. The van der Waals surface area contributed by atoms with E-state index in [1.807, 2.05) is 18.7 Å². The van der Waals surface area contributed by atoms with E-state index in [9.17, 15) is 9.59 Å². The van der Waals surface area contributed by atoms with Crippen molar-refractivity contribution in [2.24, 2.45) is 5.92 Å². The Morgan fingerprint density at radius 3 is 2.83 bits per heavy atom. The first-order valence-electron chi connectivity index (χ1n) is 6.83. The summed E-state index contributed by atoms with van der Waals surface area (Å²) in [6.07, 6.45) is 2.76. The summed E-state index contributed by atoms with van der Waals surface area (Å²) < 4.78 is 5.03. The molecule has 1 N–H and O–H groups in total. The normalized spacial score (nSPS) is 20.4. The van der Waals surface area contributed by atoms with E-state index >= 15 is 0 Å². The van der Waals surface area contributed by atoms with Gasteiger partial charge in [-0.1, -0.05) is 6.92 Å². The molecule has 1 atom stereocenters. The Kier molecular flexibility index (Phi) is 6.72. The molecule has 1 rings (SSSR count). The van der Waals surface area contributed by atoms with Crippen molar-refractivity contribution in [1.29, 1.82) is 0 Å². The summed E-state index contributed by atoms with van der Waals surface area (Å²) in [5, 5.41) is 2.85. The van der Waals surface area contributed by atoms with Crippen molar-refractivity contribution in [2.45, 2.75) is 33.1 Å². The molecule has 104 valence electrons. The zero-order chi connectivity index (χ0) is 13.4. The molecule has 1 amide bonds. The van der Waals surface area contributed by atoms with E-state index in [-0.39, 0.29) is 17.8 Å². The predicted octanol–water partition coefficient (Wildman–Crippen LogP) is 0.788. The molecule has 1 fully saturated rings. The highest BCUT2D eigenvalue weighted by Gasteiger charge is 2.27. The minimum absolute atomic E-state index is 0.0429. The fraction of sp³-hybridized carbons (Fsp3) is 0.846. The summed E-state index contributed by atoms with van der Waals surface area (Å²) in [7, 11) is 0. The topological polar surface area (TPSA) is 58.6 Å². The summed E-state index contributed by atoms with van der Waals surface area (Å²) in [5.74, 6) is -0.157. The van der Waals surface area contributed by atoms with E-state index in [2.05, 4.69) is 5.32 Å². The van der Waals surface area contributed by atoms with E-state index in [1.165, 1.54) is 0 Å². The third kappa shape index (κ3) is 5.04. The van der Waals surface area contributed by atoms with Gasteiger partial charge >= 0.3 is 5.97 Å². The number of carbonyl (C=O) groups is 2. The van der Waals surface area contributed by atoms with E-state index in [4.69, 9.17) is 4.74 Å². The highest BCUT2D eigenvalue weighted by molar-refractivity contribution is 5.78. The van der Waals surface area contributed by atoms with Gasteiger partial charge in [0, 0.05) is 13.1 Å². The maximum Gasteiger partial charge on any atom is 0.310 e. The number of likely N-dealkylation sites (tertiary alicyclic amines) is 1. The largest absolute Gasteiger partial charge is 0.466 e. The van der Waals surface area contributed by atoms with Crippen LogP contribution in [-0.4, -0.2) is 49.6 Å². The molecule has 0 bridgehead atoms. The van der Waals surface area contributed by atoms with Crippen LogP contribution in [0.15, 0.2) is 0 Å². The Morgan fingerprint density at radius 1 is 1.39 bits per heavy atom. The molecule has 1 saturated heterocycles. The third-order valence-corrected chi connectivity index (χ3v) is 3.06. The number of carbonyl (C=O) groups excluding carboxylic acids is 2. The van der Waals surface area contributed by atoms with Gasteiger partial charge in [0.25, 0.3) is 0 Å². The van der Waals surface area contributed by atoms with Gasteiger partial charge in [0.1, 0.15) is 0 Å². The van der Waals surface area contributed by atoms with Crippen molar-refractivity contribution in [3.63, 3.8) is 0 Å². The minimum Gasteiger partial charge on any atom is -0.466 e. The molecule has 0 aromatic heterocycles. The van der Waals surface area contributed by atoms with Crippen LogP contribution in [-0.2, 0) is 14.3 Å². The maximum absolute atomic E-state index is 11.7. The van der Waals surface area contributed by atoms with Crippen molar-refractivity contribution in [3.05, 3.63) is 0 Å². The Morgan fingerprint density at radius 2 is 2.17 bits per heavy atom. The average molecular weight is 256 g/mol. The molecule has 0 aliphatic carbocycles. The van der Waals surface area contributed by atoms with Crippen LogP contribution in [0.1, 0.15) is 33.1 Å².